The average Bonchev–Trinajstić information content (AvgIpc) is 3.38. The molecular formula is C27H35BrO8S. The molecule has 2 aromatic carbocycles. The topological polar surface area (TPSA) is 89.5 Å². The van der Waals surface area contributed by atoms with Crippen LogP contribution in [0.3, 0.4) is 0 Å². The van der Waals surface area contributed by atoms with Crippen molar-refractivity contribution in [2.45, 2.75) is 43.3 Å². The third-order valence-corrected chi connectivity index (χ3v) is 7.41. The van der Waals surface area contributed by atoms with Gasteiger partial charge in [-0.25, -0.2) is 8.42 Å². The second-order valence-corrected chi connectivity index (χ2v) is 11.2. The minimum Gasteiger partial charge on any atom is -0.493 e. The monoisotopic (exact) mass is 598 g/mol. The van der Waals surface area contributed by atoms with E-state index in [1.807, 2.05) is 37.3 Å². The summed E-state index contributed by atoms with van der Waals surface area (Å²) in [7, 11) is 1.11. The molecule has 8 nitrogen and oxygen atoms in total. The molecule has 0 spiro atoms. The molecule has 0 aliphatic carbocycles. The van der Waals surface area contributed by atoms with Gasteiger partial charge < -0.3 is 28.4 Å². The quantitative estimate of drug-likeness (QED) is 0.210. The zero-order valence-corrected chi connectivity index (χ0v) is 24.3. The molecule has 1 saturated heterocycles. The van der Waals surface area contributed by atoms with Crippen molar-refractivity contribution in [3.8, 4) is 28.7 Å². The number of rotatable bonds is 13. The van der Waals surface area contributed by atoms with Gasteiger partial charge in [-0.15, -0.1) is 0 Å². The molecule has 204 valence electrons. The molecule has 0 aromatic heterocycles. The van der Waals surface area contributed by atoms with Crippen molar-refractivity contribution < 1.29 is 36.8 Å². The van der Waals surface area contributed by atoms with Crippen molar-refractivity contribution in [2.24, 2.45) is 0 Å². The fourth-order valence-corrected chi connectivity index (χ4v) is 5.31. The third kappa shape index (κ3) is 7.12. The highest BCUT2D eigenvalue weighted by molar-refractivity contribution is 9.09. The van der Waals surface area contributed by atoms with Gasteiger partial charge in [-0.05, 0) is 54.7 Å². The van der Waals surface area contributed by atoms with Gasteiger partial charge in [0, 0.05) is 11.6 Å². The highest BCUT2D eigenvalue weighted by Crippen LogP contribution is 2.48. The Kier molecular flexibility index (Phi) is 10.5. The summed E-state index contributed by atoms with van der Waals surface area (Å²) < 4.78 is 60.2. The van der Waals surface area contributed by atoms with Gasteiger partial charge in [-0.2, -0.15) is 0 Å². The number of methoxy groups -OCH3 is 3. The normalized spacial score (nSPS) is 17.7. The maximum Gasteiger partial charge on any atom is 0.203 e. The summed E-state index contributed by atoms with van der Waals surface area (Å²) in [6.45, 7) is 2.61. The first-order valence-corrected chi connectivity index (χ1v) is 15.1. The Balaban J connectivity index is 1.97. The summed E-state index contributed by atoms with van der Waals surface area (Å²) in [5.41, 5.74) is 1.61. The molecule has 1 aliphatic heterocycles. The molecule has 0 N–H and O–H groups in total. The zero-order valence-electron chi connectivity index (χ0n) is 21.9. The molecule has 1 aliphatic rings. The van der Waals surface area contributed by atoms with Gasteiger partial charge in [-0.3, -0.25) is 0 Å². The highest BCUT2D eigenvalue weighted by Gasteiger charge is 2.32. The Labute approximate surface area is 227 Å². The fourth-order valence-electron chi connectivity index (χ4n) is 4.20. The van der Waals surface area contributed by atoms with Crippen LogP contribution in [0.5, 0.6) is 28.7 Å². The Morgan fingerprint density at radius 1 is 0.892 bits per heavy atom. The first-order valence-electron chi connectivity index (χ1n) is 12.1. The van der Waals surface area contributed by atoms with Crippen LogP contribution in [-0.4, -0.2) is 54.5 Å². The van der Waals surface area contributed by atoms with Crippen molar-refractivity contribution >= 4 is 25.8 Å². The predicted molar refractivity (Wildman–Crippen MR) is 146 cm³/mol. The molecule has 0 amide bonds. The molecular weight excluding hydrogens is 564 g/mol. The average molecular weight is 600 g/mol. The predicted octanol–water partition coefficient (Wildman–Crippen LogP) is 5.83. The second kappa shape index (κ2) is 13.4. The lowest BCUT2D eigenvalue weighted by molar-refractivity contribution is 0.0435. The van der Waals surface area contributed by atoms with E-state index in [0.29, 0.717) is 41.4 Å². The summed E-state index contributed by atoms with van der Waals surface area (Å²) in [5.74, 6) is 2.23. The first kappa shape index (κ1) is 29.1. The SMILES string of the molecule is CCCOc1c(OC/C=C/CBr)cc([C@@H]2CC[C@@H](c3cc(OC)c(OC)c(OC)c3)O2)cc1S(C)(=O)=O. The standard InChI is InChI=1S/C27H35BrO8S/c1-6-12-35-27-24(34-13-8-7-11-28)16-19(17-25(27)37(5,29)30)21-10-9-20(36-21)18-14-22(31-2)26(33-4)23(15-18)32-3/h7-8,14-17,20-21H,6,9-13H2,1-5H3/b8-7+/t20-,21-/m0/s1. The smallest absolute Gasteiger partial charge is 0.203 e. The van der Waals surface area contributed by atoms with E-state index in [2.05, 4.69) is 15.9 Å². The summed E-state index contributed by atoms with van der Waals surface area (Å²) in [4.78, 5) is 0.0951. The number of alkyl halides is 1. The second-order valence-electron chi connectivity index (χ2n) is 8.55. The van der Waals surface area contributed by atoms with Gasteiger partial charge in [0.15, 0.2) is 32.8 Å². The van der Waals surface area contributed by atoms with E-state index in [9.17, 15) is 8.42 Å². The fraction of sp³-hybridized carbons (Fsp3) is 0.481. The van der Waals surface area contributed by atoms with Gasteiger partial charge >= 0.3 is 0 Å². The zero-order chi connectivity index (χ0) is 27.0. The number of sulfone groups is 1. The van der Waals surface area contributed by atoms with Crippen LogP contribution < -0.4 is 23.7 Å². The Morgan fingerprint density at radius 3 is 2.00 bits per heavy atom. The molecule has 10 heteroatoms. The van der Waals surface area contributed by atoms with Crippen LogP contribution in [-0.2, 0) is 14.6 Å². The lowest BCUT2D eigenvalue weighted by Crippen LogP contribution is -2.09. The van der Waals surface area contributed by atoms with Crippen LogP contribution in [0, 0.1) is 0 Å². The summed E-state index contributed by atoms with van der Waals surface area (Å²) in [6.07, 6.45) is 6.54. The van der Waals surface area contributed by atoms with E-state index < -0.39 is 9.84 Å². The van der Waals surface area contributed by atoms with Crippen molar-refractivity contribution in [3.05, 3.63) is 47.5 Å². The number of halogens is 1. The lowest BCUT2D eigenvalue weighted by atomic mass is 10.0. The first-order chi connectivity index (χ1) is 17.8. The molecule has 37 heavy (non-hydrogen) atoms. The van der Waals surface area contributed by atoms with Crippen LogP contribution >= 0.6 is 15.9 Å². The largest absolute Gasteiger partial charge is 0.493 e. The van der Waals surface area contributed by atoms with E-state index in [1.54, 1.807) is 27.4 Å². The Morgan fingerprint density at radius 2 is 1.49 bits per heavy atom. The third-order valence-electron chi connectivity index (χ3n) is 5.93. The van der Waals surface area contributed by atoms with E-state index in [1.165, 1.54) is 6.26 Å². The molecule has 2 aromatic rings. The Hall–Kier alpha value is -2.43. The number of hydrogen-bond acceptors (Lipinski definition) is 8. The molecule has 0 radical (unpaired) electrons. The van der Waals surface area contributed by atoms with Crippen molar-refractivity contribution in [3.63, 3.8) is 0 Å². The molecule has 0 saturated carbocycles. The number of benzene rings is 2. The maximum absolute atomic E-state index is 12.8. The molecule has 1 fully saturated rings. The van der Waals surface area contributed by atoms with Crippen LogP contribution in [0.4, 0.5) is 0 Å². The summed E-state index contributed by atoms with van der Waals surface area (Å²) >= 11 is 3.34. The molecule has 2 atom stereocenters. The molecule has 0 bridgehead atoms. The molecule has 0 unspecified atom stereocenters. The summed E-state index contributed by atoms with van der Waals surface area (Å²) in [5, 5.41) is 0.697. The van der Waals surface area contributed by atoms with Crippen LogP contribution in [0.1, 0.15) is 49.5 Å². The molecule has 1 heterocycles. The van der Waals surface area contributed by atoms with Gasteiger partial charge in [0.25, 0.3) is 0 Å². The number of allylic oxidation sites excluding steroid dienone is 1. The van der Waals surface area contributed by atoms with E-state index in [-0.39, 0.29) is 29.5 Å². The van der Waals surface area contributed by atoms with Gasteiger partial charge in [0.05, 0.1) is 40.1 Å². The number of hydrogen-bond donors (Lipinski definition) is 0. The van der Waals surface area contributed by atoms with Crippen LogP contribution in [0.15, 0.2) is 41.3 Å². The van der Waals surface area contributed by atoms with E-state index >= 15 is 0 Å². The minimum absolute atomic E-state index is 0.0951. The summed E-state index contributed by atoms with van der Waals surface area (Å²) in [6, 6.07) is 7.22. The minimum atomic E-state index is -3.60. The van der Waals surface area contributed by atoms with Gasteiger partial charge in [0.1, 0.15) is 11.5 Å². The van der Waals surface area contributed by atoms with E-state index in [0.717, 1.165) is 24.0 Å². The molecule has 3 rings (SSSR count). The highest BCUT2D eigenvalue weighted by atomic mass is 79.9. The number of ether oxygens (including phenoxy) is 6. The van der Waals surface area contributed by atoms with E-state index in [4.69, 9.17) is 28.4 Å². The lowest BCUT2D eigenvalue weighted by Gasteiger charge is -2.20. The van der Waals surface area contributed by atoms with Crippen LogP contribution in [0.25, 0.3) is 0 Å². The van der Waals surface area contributed by atoms with Crippen molar-refractivity contribution in [2.75, 3.05) is 46.1 Å². The van der Waals surface area contributed by atoms with Crippen molar-refractivity contribution in [1.82, 2.24) is 0 Å². The maximum atomic E-state index is 12.8. The van der Waals surface area contributed by atoms with Gasteiger partial charge in [-0.1, -0.05) is 35.0 Å². The van der Waals surface area contributed by atoms with Crippen molar-refractivity contribution in [1.29, 1.82) is 0 Å². The van der Waals surface area contributed by atoms with Gasteiger partial charge in [0.2, 0.25) is 5.75 Å². The Bertz CT molecular complexity index is 1170. The van der Waals surface area contributed by atoms with Crippen LogP contribution in [0.2, 0.25) is 0 Å².